The van der Waals surface area contributed by atoms with E-state index in [-0.39, 0.29) is 17.8 Å². The second kappa shape index (κ2) is 8.48. The van der Waals surface area contributed by atoms with Crippen molar-refractivity contribution in [1.82, 2.24) is 9.97 Å². The van der Waals surface area contributed by atoms with Crippen LogP contribution in [0.4, 0.5) is 23.1 Å². The number of benzene rings is 2. The van der Waals surface area contributed by atoms with Gasteiger partial charge >= 0.3 is 0 Å². The summed E-state index contributed by atoms with van der Waals surface area (Å²) in [5.41, 5.74) is 2.32. The van der Waals surface area contributed by atoms with Gasteiger partial charge in [-0.1, -0.05) is 0 Å². The summed E-state index contributed by atoms with van der Waals surface area (Å²) < 4.78 is 48.6. The van der Waals surface area contributed by atoms with Crippen molar-refractivity contribution in [2.24, 2.45) is 0 Å². The van der Waals surface area contributed by atoms with Gasteiger partial charge in [0.2, 0.25) is 5.95 Å². The lowest BCUT2D eigenvalue weighted by Crippen LogP contribution is -2.02. The monoisotopic (exact) mass is 372 g/mol. The van der Waals surface area contributed by atoms with Crippen molar-refractivity contribution >= 4 is 29.2 Å². The first-order valence-electron chi connectivity index (χ1n) is 11.1. The molecule has 0 amide bonds. The molecule has 0 aliphatic rings. The summed E-state index contributed by atoms with van der Waals surface area (Å²) in [5.74, 6) is -0.217. The lowest BCUT2D eigenvalue weighted by molar-refractivity contribution is 1.16. The molecule has 6 heteroatoms. The Morgan fingerprint density at radius 2 is 1.82 bits per heavy atom. The highest BCUT2D eigenvalue weighted by Gasteiger charge is 2.07. The Morgan fingerprint density at radius 3 is 2.46 bits per heavy atom. The molecule has 1 aromatic heterocycles. The zero-order valence-electron chi connectivity index (χ0n) is 21.1. The molecule has 3 aromatic rings. The van der Waals surface area contributed by atoms with Crippen LogP contribution in [-0.2, 0) is 0 Å². The van der Waals surface area contributed by atoms with E-state index in [9.17, 15) is 0 Å². The summed E-state index contributed by atoms with van der Waals surface area (Å²) in [7, 11) is 0. The fraction of sp³-hybridized carbons (Fsp3) is 0.0909. The van der Waals surface area contributed by atoms with E-state index < -0.39 is 35.4 Å². The molecule has 2 aromatic carbocycles. The van der Waals surface area contributed by atoms with Crippen LogP contribution in [0.1, 0.15) is 29.1 Å². The SMILES string of the molecule is [2H]c1cnc(N([2H])c2c([2H])c([2H])c(C#N)c([2H])c2[2H])nc1Nc1c(C)cc(/C=C/C#N)cc1C. The van der Waals surface area contributed by atoms with Crippen molar-refractivity contribution in [2.75, 3.05) is 10.6 Å². The molecule has 0 saturated carbocycles. The molecule has 136 valence electrons. The quantitative estimate of drug-likeness (QED) is 0.612. The highest BCUT2D eigenvalue weighted by molar-refractivity contribution is 5.69. The Morgan fingerprint density at radius 1 is 1.11 bits per heavy atom. The predicted octanol–water partition coefficient (Wildman–Crippen LogP) is 4.99. The molecule has 2 N–H and O–H groups in total. The van der Waals surface area contributed by atoms with Gasteiger partial charge in [0.05, 0.1) is 24.6 Å². The van der Waals surface area contributed by atoms with E-state index in [4.69, 9.17) is 18.8 Å². The van der Waals surface area contributed by atoms with Gasteiger partial charge in [0.25, 0.3) is 0 Å². The molecule has 0 atom stereocenters. The van der Waals surface area contributed by atoms with Gasteiger partial charge in [-0.3, -0.25) is 0 Å². The van der Waals surface area contributed by atoms with Crippen LogP contribution in [0.2, 0.25) is 1.41 Å². The van der Waals surface area contributed by atoms with Crippen LogP contribution in [-0.4, -0.2) is 9.97 Å². The largest absolute Gasteiger partial charge is 0.340 e. The second-order valence-corrected chi connectivity index (χ2v) is 5.73. The minimum Gasteiger partial charge on any atom is -0.340 e. The molecule has 28 heavy (non-hydrogen) atoms. The normalized spacial score (nSPS) is 13.3. The average Bonchev–Trinajstić information content (AvgIpc) is 2.80. The van der Waals surface area contributed by atoms with E-state index >= 15 is 0 Å². The van der Waals surface area contributed by atoms with Crippen molar-refractivity contribution in [1.29, 1.82) is 10.5 Å². The zero-order chi connectivity index (χ0) is 25.2. The lowest BCUT2D eigenvalue weighted by Gasteiger charge is -2.14. The van der Waals surface area contributed by atoms with Crippen LogP contribution in [0.5, 0.6) is 0 Å². The van der Waals surface area contributed by atoms with Gasteiger partial charge < -0.3 is 10.6 Å². The van der Waals surface area contributed by atoms with Crippen LogP contribution in [0.15, 0.2) is 54.6 Å². The molecule has 0 fully saturated rings. The molecular formula is C22H18N6. The van der Waals surface area contributed by atoms with Gasteiger partial charge in [0, 0.05) is 23.6 Å². The Hall–Kier alpha value is -4.16. The van der Waals surface area contributed by atoms with Crippen LogP contribution in [0.25, 0.3) is 6.08 Å². The maximum absolute atomic E-state index is 9.12. The Bertz CT molecular complexity index is 1350. The van der Waals surface area contributed by atoms with E-state index in [2.05, 4.69) is 15.3 Å². The summed E-state index contributed by atoms with van der Waals surface area (Å²) >= 11 is 0. The lowest BCUT2D eigenvalue weighted by atomic mass is 10.0. The van der Waals surface area contributed by atoms with E-state index in [0.717, 1.165) is 22.9 Å². The number of allylic oxidation sites excluding steroid dienone is 1. The standard InChI is InChI=1S/C22H18N6/c1-15-12-18(4-3-10-23)13-16(2)21(15)27-20-9-11-25-22(28-20)26-19-7-5-17(14-24)6-8-19/h3-9,11-13H,1-2H3,(H2,25,26,27,28)/b4-3+/i5D,6D,7D,8D,9D/hD. The van der Waals surface area contributed by atoms with Gasteiger partial charge in [0.1, 0.15) is 5.82 Å². The highest BCUT2D eigenvalue weighted by atomic mass is 15.1. The van der Waals surface area contributed by atoms with Gasteiger partial charge in [-0.05, 0) is 79.0 Å². The third-order valence-corrected chi connectivity index (χ3v) is 3.68. The zero-order valence-corrected chi connectivity index (χ0v) is 15.1. The minimum absolute atomic E-state index is 0.0659. The molecule has 0 radical (unpaired) electrons. The highest BCUT2D eigenvalue weighted by Crippen LogP contribution is 2.26. The number of anilines is 4. The first-order chi connectivity index (χ1) is 16.1. The third kappa shape index (κ3) is 4.51. The van der Waals surface area contributed by atoms with Crippen molar-refractivity contribution in [3.05, 3.63) is 76.9 Å². The molecular weight excluding hydrogens is 348 g/mol. The van der Waals surface area contributed by atoms with E-state index in [1.165, 1.54) is 6.08 Å². The fourth-order valence-electron chi connectivity index (χ4n) is 2.49. The minimum atomic E-state index is -0.576. The Labute approximate surface area is 172 Å². The third-order valence-electron chi connectivity index (χ3n) is 3.68. The number of nitrogens with one attached hydrogen (secondary N) is 2. The molecule has 0 bridgehead atoms. The molecule has 1 heterocycles. The molecule has 0 spiro atoms. The number of hydrogen-bond acceptors (Lipinski definition) is 6. The van der Waals surface area contributed by atoms with Crippen LogP contribution in [0, 0.1) is 36.5 Å². The molecule has 0 aliphatic carbocycles. The molecule has 0 aliphatic heterocycles. The molecule has 6 nitrogen and oxygen atoms in total. The number of nitriles is 2. The van der Waals surface area contributed by atoms with Crippen LogP contribution < -0.4 is 10.6 Å². The maximum Gasteiger partial charge on any atom is 0.229 e. The summed E-state index contributed by atoms with van der Waals surface area (Å²) in [6.45, 7) is 3.70. The van der Waals surface area contributed by atoms with Crippen molar-refractivity contribution in [2.45, 2.75) is 13.8 Å². The van der Waals surface area contributed by atoms with Gasteiger partial charge in [-0.25, -0.2) is 4.98 Å². The summed E-state index contributed by atoms with van der Waals surface area (Å²) in [4.78, 5) is 8.14. The first-order valence-corrected chi connectivity index (χ1v) is 8.18. The molecule has 0 unspecified atom stereocenters. The number of aryl methyl sites for hydroxylation is 2. The number of aromatic nitrogens is 2. The van der Waals surface area contributed by atoms with Crippen LogP contribution >= 0.6 is 0 Å². The smallest absolute Gasteiger partial charge is 0.229 e. The summed E-state index contributed by atoms with van der Waals surface area (Å²) in [6.07, 6.45) is 4.20. The number of hydrogen-bond donors (Lipinski definition) is 2. The Balaban J connectivity index is 2.04. The maximum atomic E-state index is 9.12. The van der Waals surface area contributed by atoms with Crippen molar-refractivity contribution in [3.63, 3.8) is 0 Å². The number of rotatable bonds is 5. The van der Waals surface area contributed by atoms with Crippen molar-refractivity contribution in [3.8, 4) is 12.1 Å². The predicted molar refractivity (Wildman–Crippen MR) is 110 cm³/mol. The van der Waals surface area contributed by atoms with Gasteiger partial charge in [-0.2, -0.15) is 15.5 Å². The number of nitrogens with zero attached hydrogens (tertiary/aromatic N) is 4. The van der Waals surface area contributed by atoms with E-state index in [1.807, 2.05) is 32.0 Å². The van der Waals surface area contributed by atoms with Gasteiger partial charge in [-0.15, -0.1) is 0 Å². The molecule has 0 saturated heterocycles. The van der Waals surface area contributed by atoms with E-state index in [1.54, 1.807) is 12.1 Å². The molecule has 3 rings (SSSR count). The summed E-state index contributed by atoms with van der Waals surface area (Å²) in [6, 6.07) is 4.94. The van der Waals surface area contributed by atoms with E-state index in [0.29, 0.717) is 11.0 Å². The first kappa shape index (κ1) is 12.3. The summed E-state index contributed by atoms with van der Waals surface area (Å²) in [5, 5.41) is 21.4. The van der Waals surface area contributed by atoms with Crippen molar-refractivity contribution < 1.29 is 8.27 Å². The van der Waals surface area contributed by atoms with Crippen LogP contribution in [0.3, 0.4) is 0 Å². The van der Waals surface area contributed by atoms with Gasteiger partial charge in [0.15, 0.2) is 1.41 Å². The fourth-order valence-corrected chi connectivity index (χ4v) is 2.49. The average molecular weight is 372 g/mol. The second-order valence-electron chi connectivity index (χ2n) is 5.73. The topological polar surface area (TPSA) is 97.4 Å². The Kier molecular flexibility index (Phi) is 3.72.